The van der Waals surface area contributed by atoms with Gasteiger partial charge >= 0.3 is 0 Å². The molecule has 0 fully saturated rings. The first kappa shape index (κ1) is 13.8. The van der Waals surface area contributed by atoms with Crippen LogP contribution in [0.2, 0.25) is 0 Å². The summed E-state index contributed by atoms with van der Waals surface area (Å²) < 4.78 is 10.4. The normalized spacial score (nSPS) is 12.2. The van der Waals surface area contributed by atoms with Gasteiger partial charge in [0.2, 0.25) is 0 Å². The van der Waals surface area contributed by atoms with E-state index in [4.69, 9.17) is 14.6 Å². The maximum Gasteiger partial charge on any atom is 0.160 e. The number of ether oxygens (including phenoxy) is 2. The average molecular weight is 239 g/mol. The molecule has 4 heteroatoms. The van der Waals surface area contributed by atoms with Crippen molar-refractivity contribution in [1.29, 1.82) is 0 Å². The molecule has 0 aliphatic heterocycles. The monoisotopic (exact) mass is 239 g/mol. The van der Waals surface area contributed by atoms with Crippen LogP contribution in [-0.4, -0.2) is 38.5 Å². The Labute approximate surface area is 103 Å². The highest BCUT2D eigenvalue weighted by atomic mass is 16.5. The summed E-state index contributed by atoms with van der Waals surface area (Å²) in [6, 6.07) is 6.04. The summed E-state index contributed by atoms with van der Waals surface area (Å²) in [5.74, 6) is 1.49. The molecule has 1 unspecified atom stereocenters. The van der Waals surface area contributed by atoms with E-state index in [1.807, 2.05) is 25.1 Å². The average Bonchev–Trinajstić information content (AvgIpc) is 2.38. The first-order valence-electron chi connectivity index (χ1n) is 5.76. The molecule has 0 bridgehead atoms. The number of hydrogen-bond acceptors (Lipinski definition) is 4. The van der Waals surface area contributed by atoms with Gasteiger partial charge in [-0.2, -0.15) is 0 Å². The molecule has 17 heavy (non-hydrogen) atoms. The maximum atomic E-state index is 8.88. The van der Waals surface area contributed by atoms with Gasteiger partial charge in [0.1, 0.15) is 0 Å². The Morgan fingerprint density at radius 2 is 1.94 bits per heavy atom. The standard InChI is InChI=1S/C13H21NO3/c1-10(9-15)14-7-6-11-4-5-12(16-2)13(8-11)17-3/h4-5,8,10,14-15H,6-7,9H2,1-3H3. The maximum absolute atomic E-state index is 8.88. The van der Waals surface area contributed by atoms with E-state index in [-0.39, 0.29) is 12.6 Å². The van der Waals surface area contributed by atoms with Gasteiger partial charge in [-0.3, -0.25) is 0 Å². The van der Waals surface area contributed by atoms with Crippen molar-refractivity contribution in [2.24, 2.45) is 0 Å². The lowest BCUT2D eigenvalue weighted by Gasteiger charge is -2.12. The van der Waals surface area contributed by atoms with Gasteiger partial charge < -0.3 is 19.9 Å². The minimum absolute atomic E-state index is 0.134. The SMILES string of the molecule is COc1ccc(CCNC(C)CO)cc1OC. The summed E-state index contributed by atoms with van der Waals surface area (Å²) in [5.41, 5.74) is 1.18. The highest BCUT2D eigenvalue weighted by Gasteiger charge is 2.04. The van der Waals surface area contributed by atoms with Gasteiger partial charge in [-0.05, 0) is 37.6 Å². The molecule has 0 amide bonds. The molecule has 0 aromatic heterocycles. The third kappa shape index (κ3) is 4.24. The molecule has 1 aromatic carbocycles. The molecule has 0 radical (unpaired) electrons. The minimum atomic E-state index is 0.134. The number of aliphatic hydroxyl groups is 1. The van der Waals surface area contributed by atoms with E-state index in [2.05, 4.69) is 5.32 Å². The fourth-order valence-electron chi connectivity index (χ4n) is 1.56. The van der Waals surface area contributed by atoms with E-state index < -0.39 is 0 Å². The van der Waals surface area contributed by atoms with Gasteiger partial charge in [0.05, 0.1) is 20.8 Å². The van der Waals surface area contributed by atoms with E-state index in [0.29, 0.717) is 0 Å². The smallest absolute Gasteiger partial charge is 0.160 e. The second-order valence-corrected chi connectivity index (χ2v) is 3.98. The second kappa shape index (κ2) is 7.14. The van der Waals surface area contributed by atoms with Crippen molar-refractivity contribution in [2.75, 3.05) is 27.4 Å². The van der Waals surface area contributed by atoms with Crippen LogP contribution < -0.4 is 14.8 Å². The number of nitrogens with one attached hydrogen (secondary N) is 1. The molecule has 2 N–H and O–H groups in total. The Bertz CT molecular complexity index is 341. The van der Waals surface area contributed by atoms with E-state index in [9.17, 15) is 0 Å². The van der Waals surface area contributed by atoms with Gasteiger partial charge in [-0.1, -0.05) is 6.07 Å². The molecule has 0 spiro atoms. The van der Waals surface area contributed by atoms with Crippen molar-refractivity contribution in [1.82, 2.24) is 5.32 Å². The summed E-state index contributed by atoms with van der Waals surface area (Å²) >= 11 is 0. The first-order valence-corrected chi connectivity index (χ1v) is 5.76. The minimum Gasteiger partial charge on any atom is -0.493 e. The van der Waals surface area contributed by atoms with Gasteiger partial charge in [0.25, 0.3) is 0 Å². The molecule has 0 heterocycles. The lowest BCUT2D eigenvalue weighted by molar-refractivity contribution is 0.252. The van der Waals surface area contributed by atoms with Crippen molar-refractivity contribution < 1.29 is 14.6 Å². The third-order valence-corrected chi connectivity index (χ3v) is 2.63. The van der Waals surface area contributed by atoms with Crippen molar-refractivity contribution in [3.63, 3.8) is 0 Å². The lowest BCUT2D eigenvalue weighted by Crippen LogP contribution is -2.30. The van der Waals surface area contributed by atoms with E-state index >= 15 is 0 Å². The Morgan fingerprint density at radius 1 is 1.24 bits per heavy atom. The van der Waals surface area contributed by atoms with Crippen LogP contribution in [0.4, 0.5) is 0 Å². The fraction of sp³-hybridized carbons (Fsp3) is 0.538. The quantitative estimate of drug-likeness (QED) is 0.751. The van der Waals surface area contributed by atoms with Gasteiger partial charge in [-0.25, -0.2) is 0 Å². The van der Waals surface area contributed by atoms with Gasteiger partial charge in [0, 0.05) is 6.04 Å². The van der Waals surface area contributed by atoms with E-state index in [0.717, 1.165) is 24.5 Å². The number of rotatable bonds is 7. The Hall–Kier alpha value is -1.26. The van der Waals surface area contributed by atoms with Crippen LogP contribution >= 0.6 is 0 Å². The van der Waals surface area contributed by atoms with E-state index in [1.54, 1.807) is 14.2 Å². The first-order chi connectivity index (χ1) is 8.21. The van der Waals surface area contributed by atoms with Crippen molar-refractivity contribution >= 4 is 0 Å². The summed E-state index contributed by atoms with van der Waals surface area (Å²) in [6.45, 7) is 2.94. The summed E-state index contributed by atoms with van der Waals surface area (Å²) in [6.07, 6.45) is 0.894. The van der Waals surface area contributed by atoms with Crippen LogP contribution in [0.3, 0.4) is 0 Å². The zero-order valence-corrected chi connectivity index (χ0v) is 10.7. The van der Waals surface area contributed by atoms with Crippen molar-refractivity contribution in [2.45, 2.75) is 19.4 Å². The third-order valence-electron chi connectivity index (χ3n) is 2.63. The largest absolute Gasteiger partial charge is 0.493 e. The number of methoxy groups -OCH3 is 2. The zero-order valence-electron chi connectivity index (χ0n) is 10.7. The molecular weight excluding hydrogens is 218 g/mol. The molecular formula is C13H21NO3. The number of hydrogen-bond donors (Lipinski definition) is 2. The summed E-state index contributed by atoms with van der Waals surface area (Å²) in [4.78, 5) is 0. The second-order valence-electron chi connectivity index (χ2n) is 3.98. The van der Waals surface area contributed by atoms with Crippen LogP contribution in [0.15, 0.2) is 18.2 Å². The molecule has 1 aromatic rings. The van der Waals surface area contributed by atoms with Crippen LogP contribution in [0, 0.1) is 0 Å². The molecule has 0 aliphatic rings. The highest BCUT2D eigenvalue weighted by Crippen LogP contribution is 2.27. The number of benzene rings is 1. The summed E-state index contributed by atoms with van der Waals surface area (Å²) in [5, 5.41) is 12.1. The predicted octanol–water partition coefficient (Wildman–Crippen LogP) is 1.22. The van der Waals surface area contributed by atoms with Gasteiger partial charge in [-0.15, -0.1) is 0 Å². The molecule has 1 rings (SSSR count). The molecule has 0 saturated carbocycles. The highest BCUT2D eigenvalue weighted by molar-refractivity contribution is 5.42. The topological polar surface area (TPSA) is 50.7 Å². The molecule has 1 atom stereocenters. The Morgan fingerprint density at radius 3 is 2.53 bits per heavy atom. The molecule has 0 aliphatic carbocycles. The van der Waals surface area contributed by atoms with Crippen LogP contribution in [-0.2, 0) is 6.42 Å². The van der Waals surface area contributed by atoms with Crippen LogP contribution in [0.1, 0.15) is 12.5 Å². The van der Waals surface area contributed by atoms with Crippen LogP contribution in [0.5, 0.6) is 11.5 Å². The molecule has 4 nitrogen and oxygen atoms in total. The summed E-state index contributed by atoms with van der Waals surface area (Å²) in [7, 11) is 3.26. The zero-order chi connectivity index (χ0) is 12.7. The lowest BCUT2D eigenvalue weighted by atomic mass is 10.1. The fourth-order valence-corrected chi connectivity index (χ4v) is 1.56. The number of aliphatic hydroxyl groups excluding tert-OH is 1. The molecule has 96 valence electrons. The van der Waals surface area contributed by atoms with Gasteiger partial charge in [0.15, 0.2) is 11.5 Å². The Kier molecular flexibility index (Phi) is 5.80. The van der Waals surface area contributed by atoms with Crippen LogP contribution in [0.25, 0.3) is 0 Å². The van der Waals surface area contributed by atoms with E-state index in [1.165, 1.54) is 5.56 Å². The van der Waals surface area contributed by atoms with Crippen molar-refractivity contribution in [3.8, 4) is 11.5 Å². The van der Waals surface area contributed by atoms with Crippen molar-refractivity contribution in [3.05, 3.63) is 23.8 Å². The molecule has 0 saturated heterocycles. The predicted molar refractivity (Wildman–Crippen MR) is 67.8 cm³/mol. The Balaban J connectivity index is 2.54.